The van der Waals surface area contributed by atoms with Crippen molar-refractivity contribution < 1.29 is 19.1 Å². The van der Waals surface area contributed by atoms with Gasteiger partial charge in [-0.3, -0.25) is 9.69 Å². The first-order chi connectivity index (χ1) is 14.7. The van der Waals surface area contributed by atoms with Gasteiger partial charge in [-0.05, 0) is 42.2 Å². The Kier molecular flexibility index (Phi) is 8.17. The third-order valence-electron chi connectivity index (χ3n) is 4.68. The minimum absolute atomic E-state index is 0.212. The molecule has 3 amide bonds. The van der Waals surface area contributed by atoms with Gasteiger partial charge in [0.15, 0.2) is 6.19 Å². The van der Waals surface area contributed by atoms with Crippen molar-refractivity contribution in [2.24, 2.45) is 5.92 Å². The Morgan fingerprint density at radius 3 is 2.23 bits per heavy atom. The van der Waals surface area contributed by atoms with Crippen LogP contribution in [-0.2, 0) is 4.74 Å². The molecule has 0 aliphatic rings. The minimum Gasteiger partial charge on any atom is -0.465 e. The fourth-order valence-corrected chi connectivity index (χ4v) is 3.13. The lowest BCUT2D eigenvalue weighted by Gasteiger charge is -2.24. The lowest BCUT2D eigenvalue weighted by Crippen LogP contribution is -2.43. The summed E-state index contributed by atoms with van der Waals surface area (Å²) in [5.74, 6) is -0.678. The molecule has 0 atom stereocenters. The van der Waals surface area contributed by atoms with E-state index in [9.17, 15) is 14.4 Å². The summed E-state index contributed by atoms with van der Waals surface area (Å²) in [6, 6.07) is 10.8. The van der Waals surface area contributed by atoms with Crippen molar-refractivity contribution in [2.45, 2.75) is 20.3 Å². The molecule has 8 heteroatoms. The smallest absolute Gasteiger partial charge is 0.339 e. The molecule has 0 radical (unpaired) electrons. The summed E-state index contributed by atoms with van der Waals surface area (Å²) in [5.41, 5.74) is 2.08. The maximum Gasteiger partial charge on any atom is 0.339 e. The van der Waals surface area contributed by atoms with E-state index in [1.165, 1.54) is 20.2 Å². The molecule has 0 fully saturated rings. The predicted molar refractivity (Wildman–Crippen MR) is 117 cm³/mol. The summed E-state index contributed by atoms with van der Waals surface area (Å²) in [6.45, 7) is 4.19. The summed E-state index contributed by atoms with van der Waals surface area (Å²) in [5, 5.41) is 9.38. The van der Waals surface area contributed by atoms with E-state index in [1.807, 2.05) is 13.8 Å². The highest BCUT2D eigenvalue weighted by Gasteiger charge is 2.26. The van der Waals surface area contributed by atoms with Gasteiger partial charge in [-0.15, -0.1) is 0 Å². The Morgan fingerprint density at radius 1 is 1.10 bits per heavy atom. The quantitative estimate of drug-likeness (QED) is 0.364. The highest BCUT2D eigenvalue weighted by molar-refractivity contribution is 6.33. The third-order valence-corrected chi connectivity index (χ3v) is 4.99. The molecule has 0 aromatic heterocycles. The topological polar surface area (TPSA) is 90.7 Å². The first kappa shape index (κ1) is 23.9. The number of esters is 1. The molecule has 0 aliphatic heterocycles. The molecule has 2 rings (SSSR count). The number of hydrogen-bond acceptors (Lipinski definition) is 5. The van der Waals surface area contributed by atoms with Crippen molar-refractivity contribution >= 4 is 29.5 Å². The van der Waals surface area contributed by atoms with Gasteiger partial charge in [0.2, 0.25) is 0 Å². The Bertz CT molecular complexity index is 1010. The summed E-state index contributed by atoms with van der Waals surface area (Å²) in [6.07, 6.45) is 2.36. The number of carbonyl (C=O) groups is 3. The number of carbonyl (C=O) groups excluding carboxylic acids is 3. The number of hydrogen-bond donors (Lipinski definition) is 0. The Balaban J connectivity index is 2.29. The van der Waals surface area contributed by atoms with Crippen molar-refractivity contribution in [2.75, 3.05) is 20.7 Å². The van der Waals surface area contributed by atoms with Crippen LogP contribution in [0.2, 0.25) is 5.02 Å². The van der Waals surface area contributed by atoms with E-state index in [1.54, 1.807) is 42.6 Å². The molecule has 7 nitrogen and oxygen atoms in total. The van der Waals surface area contributed by atoms with Crippen LogP contribution in [0.5, 0.6) is 0 Å². The molecule has 31 heavy (non-hydrogen) atoms. The van der Waals surface area contributed by atoms with Crippen LogP contribution in [0, 0.1) is 17.4 Å². The largest absolute Gasteiger partial charge is 0.465 e. The predicted octanol–water partition coefficient (Wildman–Crippen LogP) is 4.81. The van der Waals surface area contributed by atoms with Gasteiger partial charge >= 0.3 is 12.0 Å². The van der Waals surface area contributed by atoms with Crippen molar-refractivity contribution in [1.29, 1.82) is 5.26 Å². The zero-order valence-electron chi connectivity index (χ0n) is 17.9. The number of nitrogens with zero attached hydrogens (tertiary/aromatic N) is 3. The second-order valence-corrected chi connectivity index (χ2v) is 7.75. The maximum absolute atomic E-state index is 13.0. The molecule has 0 heterocycles. The first-order valence-corrected chi connectivity index (χ1v) is 10.0. The molecular formula is C23H24ClN3O4. The van der Waals surface area contributed by atoms with Gasteiger partial charge in [0.25, 0.3) is 5.91 Å². The number of rotatable bonds is 6. The molecule has 0 N–H and O–H groups in total. The molecule has 2 aromatic carbocycles. The number of ether oxygens (including phenoxy) is 1. The summed E-state index contributed by atoms with van der Waals surface area (Å²) < 4.78 is 4.69. The second-order valence-electron chi connectivity index (χ2n) is 7.34. The summed E-state index contributed by atoms with van der Waals surface area (Å²) in [4.78, 5) is 39.0. The van der Waals surface area contributed by atoms with Crippen molar-refractivity contribution in [3.8, 4) is 17.3 Å². The SMILES string of the molecule is COC(=O)c1ccc(-c2ccc(C(=O)N(CCC(C)C)C(=O)N(C)C#N)cc2)c(Cl)c1. The maximum atomic E-state index is 13.0. The molecule has 0 spiro atoms. The number of benzene rings is 2. The average Bonchev–Trinajstić information content (AvgIpc) is 2.77. The standard InChI is InChI=1S/C23H24ClN3O4/c1-15(2)11-12-27(23(30)26(3)14-25)21(28)17-7-5-16(6-8-17)19-10-9-18(13-20(19)24)22(29)31-4/h5-10,13,15H,11-12H2,1-4H3. The molecule has 0 bridgehead atoms. The first-order valence-electron chi connectivity index (χ1n) is 9.67. The van der Waals surface area contributed by atoms with Gasteiger partial charge in [-0.2, -0.15) is 5.26 Å². The van der Waals surface area contributed by atoms with Gasteiger partial charge in [0.1, 0.15) is 0 Å². The number of nitriles is 1. The Morgan fingerprint density at radius 2 is 1.71 bits per heavy atom. The zero-order chi connectivity index (χ0) is 23.1. The monoisotopic (exact) mass is 441 g/mol. The van der Waals surface area contributed by atoms with Gasteiger partial charge in [-0.1, -0.05) is 43.6 Å². The normalized spacial score (nSPS) is 10.4. The fraction of sp³-hybridized carbons (Fsp3) is 0.304. The van der Waals surface area contributed by atoms with Crippen LogP contribution in [0.25, 0.3) is 11.1 Å². The van der Waals surface area contributed by atoms with E-state index < -0.39 is 17.9 Å². The van der Waals surface area contributed by atoms with Crippen LogP contribution >= 0.6 is 11.6 Å². The van der Waals surface area contributed by atoms with Crippen molar-refractivity contribution in [1.82, 2.24) is 9.80 Å². The molecule has 0 saturated heterocycles. The molecule has 2 aromatic rings. The van der Waals surface area contributed by atoms with Gasteiger partial charge < -0.3 is 4.74 Å². The molecule has 0 unspecified atom stereocenters. The van der Waals surface area contributed by atoms with Crippen molar-refractivity contribution in [3.05, 3.63) is 58.6 Å². The van der Waals surface area contributed by atoms with Crippen LogP contribution in [0.4, 0.5) is 4.79 Å². The number of halogens is 1. The molecule has 0 aliphatic carbocycles. The van der Waals surface area contributed by atoms with Gasteiger partial charge in [-0.25, -0.2) is 14.5 Å². The Labute approximate surface area is 186 Å². The van der Waals surface area contributed by atoms with Crippen LogP contribution in [0.15, 0.2) is 42.5 Å². The summed E-state index contributed by atoms with van der Waals surface area (Å²) in [7, 11) is 2.62. The molecule has 162 valence electrons. The van der Waals surface area contributed by atoms with E-state index in [-0.39, 0.29) is 12.5 Å². The van der Waals surface area contributed by atoms with E-state index in [0.29, 0.717) is 28.1 Å². The van der Waals surface area contributed by atoms with Crippen LogP contribution < -0.4 is 0 Å². The highest BCUT2D eigenvalue weighted by Crippen LogP contribution is 2.29. The Hall–Kier alpha value is -3.37. The lowest BCUT2D eigenvalue weighted by atomic mass is 10.0. The summed E-state index contributed by atoms with van der Waals surface area (Å²) >= 11 is 6.32. The number of imide groups is 1. The van der Waals surface area contributed by atoms with Crippen LogP contribution in [-0.4, -0.2) is 48.4 Å². The van der Waals surface area contributed by atoms with Gasteiger partial charge in [0, 0.05) is 29.7 Å². The average molecular weight is 442 g/mol. The van der Waals surface area contributed by atoms with E-state index >= 15 is 0 Å². The third kappa shape index (κ3) is 5.83. The zero-order valence-corrected chi connectivity index (χ0v) is 18.6. The second kappa shape index (κ2) is 10.6. The lowest BCUT2D eigenvalue weighted by molar-refractivity contribution is 0.0600. The molecule has 0 saturated carbocycles. The van der Waals surface area contributed by atoms with Crippen molar-refractivity contribution in [3.63, 3.8) is 0 Å². The van der Waals surface area contributed by atoms with E-state index in [2.05, 4.69) is 4.74 Å². The highest BCUT2D eigenvalue weighted by atomic mass is 35.5. The van der Waals surface area contributed by atoms with Gasteiger partial charge in [0.05, 0.1) is 12.7 Å². The number of methoxy groups -OCH3 is 1. The minimum atomic E-state index is -0.668. The number of urea groups is 1. The number of amides is 3. The van der Waals surface area contributed by atoms with E-state index in [4.69, 9.17) is 16.9 Å². The van der Waals surface area contributed by atoms with Crippen LogP contribution in [0.1, 0.15) is 41.0 Å². The van der Waals surface area contributed by atoms with E-state index in [0.717, 1.165) is 15.4 Å². The fourth-order valence-electron chi connectivity index (χ4n) is 2.84. The van der Waals surface area contributed by atoms with Crippen LogP contribution in [0.3, 0.4) is 0 Å². The molecular weight excluding hydrogens is 418 g/mol.